The third-order valence-electron chi connectivity index (χ3n) is 14.0. The number of carbonyl (C=O) groups is 11. The molecule has 0 radical (unpaired) electrons. The number of carboxylic acid groups (broad SMARTS) is 1. The van der Waals surface area contributed by atoms with Crippen molar-refractivity contribution in [2.75, 3.05) is 31.9 Å². The summed E-state index contributed by atoms with van der Waals surface area (Å²) in [5.74, 6) is -9.74. The summed E-state index contributed by atoms with van der Waals surface area (Å²) in [7, 11) is 0. The molecule has 10 atom stereocenters. The van der Waals surface area contributed by atoms with Gasteiger partial charge in [0.1, 0.15) is 54.1 Å². The lowest BCUT2D eigenvalue weighted by Gasteiger charge is -2.29. The molecule has 0 saturated carbocycles. The lowest BCUT2D eigenvalue weighted by molar-refractivity contribution is -0.142. The Morgan fingerprint density at radius 3 is 1.55 bits per heavy atom. The van der Waals surface area contributed by atoms with Crippen molar-refractivity contribution < 1.29 is 63.0 Å². The zero-order chi connectivity index (χ0) is 66.3. The molecule has 1 heterocycles. The van der Waals surface area contributed by atoms with E-state index in [1.54, 1.807) is 42.5 Å². The van der Waals surface area contributed by atoms with E-state index in [0.717, 1.165) is 0 Å². The van der Waals surface area contributed by atoms with Crippen LogP contribution in [-0.2, 0) is 65.6 Å². The van der Waals surface area contributed by atoms with E-state index in [1.807, 2.05) is 13.8 Å². The van der Waals surface area contributed by atoms with Crippen LogP contribution in [0.2, 0.25) is 0 Å². The number of hydrogen-bond acceptors (Lipinski definition) is 18. The minimum Gasteiger partial charge on any atom is -0.508 e. The second kappa shape index (κ2) is 38.6. The molecule has 3 rings (SSSR count). The maximum atomic E-state index is 14.3. The van der Waals surface area contributed by atoms with Crippen LogP contribution in [0.5, 0.6) is 5.75 Å². The predicted molar refractivity (Wildman–Crippen MR) is 333 cm³/mol. The number of aromatic hydroxyl groups is 1. The minimum atomic E-state index is -1.68. The molecule has 1 unspecified atom stereocenters. The molecule has 1 saturated heterocycles. The number of phenols is 1. The van der Waals surface area contributed by atoms with Crippen LogP contribution in [-0.4, -0.2) is 184 Å². The second-order valence-corrected chi connectivity index (χ2v) is 23.0. The smallest absolute Gasteiger partial charge is 0.326 e. The quantitative estimate of drug-likeness (QED) is 0.0171. The van der Waals surface area contributed by atoms with E-state index in [0.29, 0.717) is 48.6 Å². The Kier molecular flexibility index (Phi) is 32.4. The Morgan fingerprint density at radius 1 is 0.584 bits per heavy atom. The fraction of sp³-hybridized carbons (Fsp3) is 0.561. The van der Waals surface area contributed by atoms with Gasteiger partial charge in [0.25, 0.3) is 0 Å². The molecule has 9 amide bonds. The van der Waals surface area contributed by atoms with E-state index in [9.17, 15) is 63.0 Å². The largest absolute Gasteiger partial charge is 0.508 e. The summed E-state index contributed by atoms with van der Waals surface area (Å²) in [6.45, 7) is 5.64. The van der Waals surface area contributed by atoms with Crippen molar-refractivity contribution in [2.24, 2.45) is 61.8 Å². The number of nitrogens with one attached hydrogen (secondary N) is 7. The monoisotopic (exact) mass is 1270 g/mol. The summed E-state index contributed by atoms with van der Waals surface area (Å²) in [5, 5.41) is 37.0. The molecule has 89 heavy (non-hydrogen) atoms. The fourth-order valence-corrected chi connectivity index (χ4v) is 10.3. The minimum absolute atomic E-state index is 0.00975. The van der Waals surface area contributed by atoms with Gasteiger partial charge >= 0.3 is 5.97 Å². The number of nitrogens with zero attached hydrogens (tertiary/aromatic N) is 3. The van der Waals surface area contributed by atoms with Crippen LogP contribution in [0.4, 0.5) is 0 Å². The van der Waals surface area contributed by atoms with Gasteiger partial charge in [-0.2, -0.15) is 0 Å². The number of aliphatic imine (C=N–C) groups is 2. The van der Waals surface area contributed by atoms with Gasteiger partial charge in [-0.05, 0) is 107 Å². The Bertz CT molecular complexity index is 2770. The molecular formula is C57H90N18O13S. The van der Waals surface area contributed by atoms with Crippen LogP contribution in [0, 0.1) is 5.92 Å². The number of aliphatic carboxylic acids is 1. The first kappa shape index (κ1) is 74.6. The highest BCUT2D eigenvalue weighted by Gasteiger charge is 2.39. The summed E-state index contributed by atoms with van der Waals surface area (Å²) >= 11 is 0.666. The number of phenolic OH excluding ortho intramolecular Hbond substituents is 1. The molecule has 2 aromatic rings. The summed E-state index contributed by atoms with van der Waals surface area (Å²) in [6.07, 6.45) is 0.890. The third kappa shape index (κ3) is 27.5. The van der Waals surface area contributed by atoms with E-state index >= 15 is 0 Å². The summed E-state index contributed by atoms with van der Waals surface area (Å²) in [6, 6.07) is 1.26. The lowest BCUT2D eigenvalue weighted by atomic mass is 10.0. The van der Waals surface area contributed by atoms with Gasteiger partial charge in [0.15, 0.2) is 11.9 Å². The molecule has 0 spiro atoms. The van der Waals surface area contributed by atoms with Gasteiger partial charge in [0.05, 0.1) is 18.5 Å². The van der Waals surface area contributed by atoms with Crippen molar-refractivity contribution in [1.29, 1.82) is 0 Å². The molecule has 31 nitrogen and oxygen atoms in total. The van der Waals surface area contributed by atoms with Crippen LogP contribution in [0.1, 0.15) is 103 Å². The molecule has 1 fully saturated rings. The van der Waals surface area contributed by atoms with Crippen molar-refractivity contribution in [2.45, 2.75) is 165 Å². The number of amides is 9. The molecule has 32 heteroatoms. The number of carboxylic acids is 1. The number of nitrogens with two attached hydrogens (primary N) is 8. The number of primary amides is 1. The first-order chi connectivity index (χ1) is 42.1. The molecule has 2 aromatic carbocycles. The molecule has 492 valence electrons. The van der Waals surface area contributed by atoms with Crippen molar-refractivity contribution in [1.82, 2.24) is 42.1 Å². The lowest BCUT2D eigenvalue weighted by Crippen LogP contribution is -2.59. The average Bonchev–Trinajstić information content (AvgIpc) is 2.94. The fourth-order valence-electron chi connectivity index (χ4n) is 9.35. The van der Waals surface area contributed by atoms with Gasteiger partial charge in [-0.1, -0.05) is 68.1 Å². The van der Waals surface area contributed by atoms with E-state index in [1.165, 1.54) is 24.0 Å². The summed E-state index contributed by atoms with van der Waals surface area (Å²) < 4.78 is 0. The molecule has 0 bridgehead atoms. The molecule has 1 aliphatic heterocycles. The van der Waals surface area contributed by atoms with Gasteiger partial charge in [0, 0.05) is 38.2 Å². The Labute approximate surface area is 521 Å². The number of benzene rings is 2. The number of thioether (sulfide) groups is 1. The van der Waals surface area contributed by atoms with Crippen molar-refractivity contribution in [3.63, 3.8) is 0 Å². The van der Waals surface area contributed by atoms with Gasteiger partial charge in [0.2, 0.25) is 58.3 Å². The highest BCUT2D eigenvalue weighted by atomic mass is 32.2. The first-order valence-corrected chi connectivity index (χ1v) is 30.3. The van der Waals surface area contributed by atoms with Gasteiger partial charge in [-0.15, -0.1) is 0 Å². The highest BCUT2D eigenvalue weighted by Crippen LogP contribution is 2.24. The Balaban J connectivity index is 1.79. The number of hydrogen-bond donors (Lipinski definition) is 17. The van der Waals surface area contributed by atoms with Crippen LogP contribution in [0.25, 0.3) is 0 Å². The zero-order valence-electron chi connectivity index (χ0n) is 50.5. The van der Waals surface area contributed by atoms with E-state index in [2.05, 4.69) is 47.2 Å². The summed E-state index contributed by atoms with van der Waals surface area (Å²) in [4.78, 5) is 158. The zero-order valence-corrected chi connectivity index (χ0v) is 51.3. The van der Waals surface area contributed by atoms with E-state index in [4.69, 9.17) is 45.9 Å². The number of guanidine groups is 2. The van der Waals surface area contributed by atoms with Crippen molar-refractivity contribution in [3.05, 3.63) is 65.7 Å². The molecular weight excluding hydrogens is 1180 g/mol. The van der Waals surface area contributed by atoms with Gasteiger partial charge in [-0.25, -0.2) is 4.79 Å². The Morgan fingerprint density at radius 2 is 1.04 bits per heavy atom. The predicted octanol–water partition coefficient (Wildman–Crippen LogP) is -4.26. The van der Waals surface area contributed by atoms with Crippen LogP contribution >= 0.6 is 11.8 Å². The summed E-state index contributed by atoms with van der Waals surface area (Å²) in [5.41, 5.74) is 46.6. The maximum absolute atomic E-state index is 14.3. The SMILES string of the molecule is CC(C)C[C@H](N)C(=O)N[C@@H](Cc1ccc(O)cc1)C(=O)N[C@@H](CCCN=C(N)N)C(=O)N[C@@H](C)C(=O)N1CCC[C@H]1C(=O)SCC(N)C(=O)N[C@@H](Cc1ccccc1)C(=O)N[C@@H](CCCN=C(N)N)C(=O)N[C@@H](CC(N)=O)C(=O)N[C@@H](CCCCN)C(=O)O. The van der Waals surface area contributed by atoms with E-state index in [-0.39, 0.29) is 107 Å². The highest BCUT2D eigenvalue weighted by molar-refractivity contribution is 8.13. The second-order valence-electron chi connectivity index (χ2n) is 22.0. The van der Waals surface area contributed by atoms with Crippen molar-refractivity contribution in [3.8, 4) is 5.75 Å². The Hall–Kier alpha value is -8.62. The van der Waals surface area contributed by atoms with Crippen molar-refractivity contribution >= 4 is 87.9 Å². The van der Waals surface area contributed by atoms with Crippen LogP contribution < -0.4 is 83.1 Å². The molecule has 0 aliphatic carbocycles. The third-order valence-corrected chi connectivity index (χ3v) is 15.1. The molecule has 0 aromatic heterocycles. The number of unbranched alkanes of at least 4 members (excludes halogenated alkanes) is 1. The van der Waals surface area contributed by atoms with Crippen LogP contribution in [0.3, 0.4) is 0 Å². The maximum Gasteiger partial charge on any atom is 0.326 e. The standard InChI is InChI=1S/C57H90N18O13S/c1-31(2)26-36(59)46(78)72-42(28-34-18-20-35(76)21-19-34)51(83)69-38(15-9-23-66-56(62)63)48(80)68-32(3)53(85)75-25-11-17-44(75)55(88)89-30-37(60)47(79)73-41(27-33-12-5-4-6-13-33)50(82)70-39(16-10-24-67-57(64)65)49(81)74-43(29-45(61)77)52(84)71-40(54(86)87)14-7-8-22-58/h4-6,12-13,18-21,31-32,36-44,76H,7-11,14-17,22-30,58-60H2,1-3H3,(H2,61,77)(H,68,80)(H,69,83)(H,70,82)(H,71,84)(H,72,78)(H,73,79)(H,74,81)(H,86,87)(H4,62,63,66)(H4,64,65,67)/t32-,36-,37?,38-,39-,40-,41-,42-,43-,44-/m0/s1. The van der Waals surface area contributed by atoms with Gasteiger partial charge in [-0.3, -0.25) is 57.9 Å². The molecule has 1 aliphatic rings. The van der Waals surface area contributed by atoms with E-state index < -0.39 is 131 Å². The normalized spacial score (nSPS) is 15.8. The van der Waals surface area contributed by atoms with Crippen LogP contribution in [0.15, 0.2) is 64.6 Å². The first-order valence-electron chi connectivity index (χ1n) is 29.3. The number of likely N-dealkylation sites (tertiary alicyclic amines) is 1. The van der Waals surface area contributed by atoms with Gasteiger partial charge < -0.3 is 98.2 Å². The number of carbonyl (C=O) groups excluding carboxylic acids is 10. The average molecular weight is 1270 g/mol. The topological polar surface area (TPSA) is 549 Å². The number of rotatable bonds is 39. The molecule has 25 N–H and O–H groups in total.